The number of hydrogen-bond donors (Lipinski definition) is 0. The number of fused-ring (bicyclic) bond motifs is 1. The van der Waals surface area contributed by atoms with E-state index in [1.54, 1.807) is 35.0 Å². The van der Waals surface area contributed by atoms with Gasteiger partial charge < -0.3 is 4.74 Å². The van der Waals surface area contributed by atoms with Crippen LogP contribution in [0, 0.1) is 0 Å². The van der Waals surface area contributed by atoms with Crippen LogP contribution in [-0.2, 0) is 4.74 Å². The first-order chi connectivity index (χ1) is 9.69. The molecule has 20 heavy (non-hydrogen) atoms. The largest absolute Gasteiger partial charge is 0.465 e. The standard InChI is InChI=1S/C14H10ClN3O2/c1-20-14(19)10-4-2-9(3-5-10)11-8-16-13-7-6-12(15)17-18(11)13/h2-8H,1H3. The number of carbonyl (C=O) groups is 1. The monoisotopic (exact) mass is 287 g/mol. The normalized spacial score (nSPS) is 10.7. The SMILES string of the molecule is COC(=O)c1ccc(-c2cnc3ccc(Cl)nn23)cc1. The fraction of sp³-hybridized carbons (Fsp3) is 0.0714. The predicted octanol–water partition coefficient (Wildman–Crippen LogP) is 2.84. The summed E-state index contributed by atoms with van der Waals surface area (Å²) in [5.41, 5.74) is 2.90. The van der Waals surface area contributed by atoms with E-state index in [2.05, 4.69) is 14.8 Å². The molecule has 0 radical (unpaired) electrons. The van der Waals surface area contributed by atoms with Gasteiger partial charge >= 0.3 is 5.97 Å². The molecule has 0 fully saturated rings. The smallest absolute Gasteiger partial charge is 0.337 e. The van der Waals surface area contributed by atoms with Gasteiger partial charge in [-0.25, -0.2) is 14.3 Å². The molecule has 2 aromatic heterocycles. The van der Waals surface area contributed by atoms with Crippen LogP contribution in [0.25, 0.3) is 16.9 Å². The van der Waals surface area contributed by atoms with Gasteiger partial charge in [-0.3, -0.25) is 0 Å². The molecule has 6 heteroatoms. The zero-order chi connectivity index (χ0) is 14.1. The second kappa shape index (κ2) is 4.94. The van der Waals surface area contributed by atoms with E-state index >= 15 is 0 Å². The topological polar surface area (TPSA) is 56.5 Å². The van der Waals surface area contributed by atoms with E-state index in [0.29, 0.717) is 16.4 Å². The van der Waals surface area contributed by atoms with Crippen LogP contribution < -0.4 is 0 Å². The molecule has 0 saturated carbocycles. The molecular formula is C14H10ClN3O2. The van der Waals surface area contributed by atoms with Gasteiger partial charge in [0.25, 0.3) is 0 Å². The van der Waals surface area contributed by atoms with E-state index in [1.165, 1.54) is 7.11 Å². The van der Waals surface area contributed by atoms with Crippen molar-refractivity contribution in [2.75, 3.05) is 7.11 Å². The number of esters is 1. The van der Waals surface area contributed by atoms with Crippen molar-refractivity contribution in [1.29, 1.82) is 0 Å². The quantitative estimate of drug-likeness (QED) is 0.680. The number of carbonyl (C=O) groups excluding carboxylic acids is 1. The number of methoxy groups -OCH3 is 1. The first-order valence-corrected chi connectivity index (χ1v) is 6.26. The van der Waals surface area contributed by atoms with Gasteiger partial charge in [-0.05, 0) is 24.3 Å². The maximum atomic E-state index is 11.4. The third-order valence-electron chi connectivity index (χ3n) is 2.93. The molecule has 0 unspecified atom stereocenters. The Hall–Kier alpha value is -2.40. The number of hydrogen-bond acceptors (Lipinski definition) is 4. The van der Waals surface area contributed by atoms with Gasteiger partial charge in [0.15, 0.2) is 5.65 Å². The molecular weight excluding hydrogens is 278 g/mol. The molecule has 100 valence electrons. The first kappa shape index (κ1) is 12.6. The van der Waals surface area contributed by atoms with Gasteiger partial charge in [0.05, 0.1) is 24.6 Å². The average Bonchev–Trinajstić information content (AvgIpc) is 2.89. The molecule has 0 atom stereocenters. The van der Waals surface area contributed by atoms with Crippen molar-refractivity contribution in [2.24, 2.45) is 0 Å². The Balaban J connectivity index is 2.07. The predicted molar refractivity (Wildman–Crippen MR) is 74.8 cm³/mol. The number of benzene rings is 1. The highest BCUT2D eigenvalue weighted by Crippen LogP contribution is 2.21. The van der Waals surface area contributed by atoms with Gasteiger partial charge in [0.1, 0.15) is 5.15 Å². The van der Waals surface area contributed by atoms with Crippen LogP contribution in [0.3, 0.4) is 0 Å². The Kier molecular flexibility index (Phi) is 3.12. The lowest BCUT2D eigenvalue weighted by Crippen LogP contribution is -2.00. The van der Waals surface area contributed by atoms with Gasteiger partial charge in [-0.15, -0.1) is 0 Å². The summed E-state index contributed by atoms with van der Waals surface area (Å²) in [5.74, 6) is -0.365. The number of nitrogens with zero attached hydrogens (tertiary/aromatic N) is 3. The molecule has 0 bridgehead atoms. The molecule has 0 saturated heterocycles. The van der Waals surface area contributed by atoms with Crippen molar-refractivity contribution < 1.29 is 9.53 Å². The third kappa shape index (κ3) is 2.12. The summed E-state index contributed by atoms with van der Waals surface area (Å²) in [6, 6.07) is 10.5. The second-order valence-electron chi connectivity index (χ2n) is 4.14. The van der Waals surface area contributed by atoms with E-state index in [9.17, 15) is 4.79 Å². The van der Waals surface area contributed by atoms with E-state index < -0.39 is 0 Å². The fourth-order valence-electron chi connectivity index (χ4n) is 1.94. The summed E-state index contributed by atoms with van der Waals surface area (Å²) in [6.07, 6.45) is 1.71. The van der Waals surface area contributed by atoms with E-state index in [0.717, 1.165) is 11.3 Å². The summed E-state index contributed by atoms with van der Waals surface area (Å²) >= 11 is 5.90. The minimum Gasteiger partial charge on any atom is -0.465 e. The number of imidazole rings is 1. The zero-order valence-electron chi connectivity index (χ0n) is 10.6. The van der Waals surface area contributed by atoms with Crippen LogP contribution in [0.15, 0.2) is 42.6 Å². The van der Waals surface area contributed by atoms with Crippen LogP contribution in [0.4, 0.5) is 0 Å². The van der Waals surface area contributed by atoms with Crippen molar-refractivity contribution in [1.82, 2.24) is 14.6 Å². The molecule has 0 spiro atoms. The molecule has 0 aliphatic rings. The number of rotatable bonds is 2. The van der Waals surface area contributed by atoms with Gasteiger partial charge in [0.2, 0.25) is 0 Å². The molecule has 3 rings (SSSR count). The van der Waals surface area contributed by atoms with Gasteiger partial charge in [-0.2, -0.15) is 5.10 Å². The molecule has 0 N–H and O–H groups in total. The maximum Gasteiger partial charge on any atom is 0.337 e. The van der Waals surface area contributed by atoms with Crippen molar-refractivity contribution in [2.45, 2.75) is 0 Å². The Labute approximate surface area is 119 Å². The maximum absolute atomic E-state index is 11.4. The molecule has 2 heterocycles. The van der Waals surface area contributed by atoms with Crippen LogP contribution in [0.2, 0.25) is 5.15 Å². The third-order valence-corrected chi connectivity index (χ3v) is 3.13. The highest BCUT2D eigenvalue weighted by molar-refractivity contribution is 6.29. The van der Waals surface area contributed by atoms with E-state index in [-0.39, 0.29) is 5.97 Å². The Morgan fingerprint density at radius 2 is 1.95 bits per heavy atom. The molecule has 0 amide bonds. The summed E-state index contributed by atoms with van der Waals surface area (Å²) in [5, 5.41) is 4.61. The molecule has 1 aromatic carbocycles. The van der Waals surface area contributed by atoms with Crippen molar-refractivity contribution in [3.63, 3.8) is 0 Å². The van der Waals surface area contributed by atoms with Crippen LogP contribution in [0.1, 0.15) is 10.4 Å². The fourth-order valence-corrected chi connectivity index (χ4v) is 2.08. The van der Waals surface area contributed by atoms with Crippen LogP contribution in [-0.4, -0.2) is 27.7 Å². The number of halogens is 1. The minimum absolute atomic E-state index is 0.365. The van der Waals surface area contributed by atoms with Crippen LogP contribution >= 0.6 is 11.6 Å². The van der Waals surface area contributed by atoms with Crippen LogP contribution in [0.5, 0.6) is 0 Å². The Bertz CT molecular complexity index is 781. The summed E-state index contributed by atoms with van der Waals surface area (Å²) in [6.45, 7) is 0. The average molecular weight is 288 g/mol. The van der Waals surface area contributed by atoms with Crippen molar-refractivity contribution in [3.05, 3.63) is 53.3 Å². The van der Waals surface area contributed by atoms with E-state index in [4.69, 9.17) is 11.6 Å². The zero-order valence-corrected chi connectivity index (χ0v) is 11.3. The lowest BCUT2D eigenvalue weighted by molar-refractivity contribution is 0.0601. The lowest BCUT2D eigenvalue weighted by atomic mass is 10.1. The first-order valence-electron chi connectivity index (χ1n) is 5.88. The summed E-state index contributed by atoms with van der Waals surface area (Å²) in [4.78, 5) is 15.7. The molecule has 3 aromatic rings. The van der Waals surface area contributed by atoms with Gasteiger partial charge in [-0.1, -0.05) is 23.7 Å². The van der Waals surface area contributed by atoms with E-state index in [1.807, 2.05) is 12.1 Å². The Morgan fingerprint density at radius 1 is 1.20 bits per heavy atom. The summed E-state index contributed by atoms with van der Waals surface area (Å²) in [7, 11) is 1.35. The minimum atomic E-state index is -0.365. The molecule has 5 nitrogen and oxygen atoms in total. The molecule has 0 aliphatic carbocycles. The van der Waals surface area contributed by atoms with Crippen molar-refractivity contribution >= 4 is 23.2 Å². The number of aromatic nitrogens is 3. The van der Waals surface area contributed by atoms with Gasteiger partial charge in [0, 0.05) is 5.56 Å². The van der Waals surface area contributed by atoms with Crippen molar-refractivity contribution in [3.8, 4) is 11.3 Å². The highest BCUT2D eigenvalue weighted by Gasteiger charge is 2.09. The summed E-state index contributed by atoms with van der Waals surface area (Å²) < 4.78 is 6.33. The molecule has 0 aliphatic heterocycles. The second-order valence-corrected chi connectivity index (χ2v) is 4.53. The number of ether oxygens (including phenoxy) is 1. The lowest BCUT2D eigenvalue weighted by Gasteiger charge is -2.03. The Morgan fingerprint density at radius 3 is 2.65 bits per heavy atom. The highest BCUT2D eigenvalue weighted by atomic mass is 35.5.